The second-order valence-corrected chi connectivity index (χ2v) is 8.12. The third-order valence-corrected chi connectivity index (χ3v) is 5.04. The van der Waals surface area contributed by atoms with Gasteiger partial charge in [-0.2, -0.15) is 0 Å². The molecule has 0 aliphatic carbocycles. The van der Waals surface area contributed by atoms with Crippen molar-refractivity contribution in [2.45, 2.75) is 38.2 Å². The molecule has 0 saturated carbocycles. The number of nitrogens with one attached hydrogen (secondary N) is 1. The predicted octanol–water partition coefficient (Wildman–Crippen LogP) is 0.260. The third kappa shape index (κ3) is 7.00. The first kappa shape index (κ1) is 25.8. The number of carbonyl (C=O) groups is 3. The number of carboxylic acid groups (broad SMARTS) is 2. The molecule has 0 spiro atoms. The third-order valence-electron chi connectivity index (χ3n) is 4.45. The van der Waals surface area contributed by atoms with E-state index >= 15 is 0 Å². The van der Waals surface area contributed by atoms with Gasteiger partial charge in [0.1, 0.15) is 17.0 Å². The topological polar surface area (TPSA) is 199 Å². The molecule has 1 atom stereocenters. The van der Waals surface area contributed by atoms with Gasteiger partial charge in [0.05, 0.1) is 23.6 Å². The molecule has 176 valence electrons. The van der Waals surface area contributed by atoms with Gasteiger partial charge in [-0.05, 0) is 31.9 Å². The summed E-state index contributed by atoms with van der Waals surface area (Å²) >= 11 is 1.21. The van der Waals surface area contributed by atoms with E-state index in [0.717, 1.165) is 0 Å². The van der Waals surface area contributed by atoms with Gasteiger partial charge in [0.15, 0.2) is 0 Å². The van der Waals surface area contributed by atoms with Crippen LogP contribution in [0.4, 0.5) is 0 Å². The number of hydrogen-bond acceptors (Lipinski definition) is 10. The summed E-state index contributed by atoms with van der Waals surface area (Å²) in [6.07, 6.45) is -0.730. The van der Waals surface area contributed by atoms with Crippen molar-refractivity contribution < 1.29 is 44.6 Å². The zero-order chi connectivity index (χ0) is 24.8. The van der Waals surface area contributed by atoms with Crippen LogP contribution < -0.4 is 5.32 Å². The number of aromatic hydroxyl groups is 1. The van der Waals surface area contributed by atoms with Crippen LogP contribution in [-0.4, -0.2) is 72.6 Å². The second-order valence-electron chi connectivity index (χ2n) is 7.41. The van der Waals surface area contributed by atoms with Crippen LogP contribution in [0, 0.1) is 0 Å². The molecule has 33 heavy (non-hydrogen) atoms. The summed E-state index contributed by atoms with van der Waals surface area (Å²) in [7, 11) is -2.04. The average molecular weight is 479 g/mol. The Morgan fingerprint density at radius 2 is 1.97 bits per heavy atom. The summed E-state index contributed by atoms with van der Waals surface area (Å²) < 4.78 is 0. The number of phenols is 1. The molecule has 0 radical (unpaired) electrons. The summed E-state index contributed by atoms with van der Waals surface area (Å²) in [6.45, 7) is 2.54. The number of hydrogen-bond donors (Lipinski definition) is 6. The van der Waals surface area contributed by atoms with Crippen LogP contribution in [0.25, 0.3) is 0 Å². The Hall–Kier alpha value is -3.49. The van der Waals surface area contributed by atoms with E-state index in [0.29, 0.717) is 0 Å². The first-order valence-electron chi connectivity index (χ1n) is 9.49. The molecule has 1 aromatic heterocycles. The lowest BCUT2D eigenvalue weighted by molar-refractivity contribution is -0.161. The molecule has 1 heterocycles. The van der Waals surface area contributed by atoms with Crippen LogP contribution in [-0.2, 0) is 20.8 Å². The minimum atomic E-state index is -2.04. The van der Waals surface area contributed by atoms with Crippen molar-refractivity contribution in [3.63, 3.8) is 0 Å². The summed E-state index contributed by atoms with van der Waals surface area (Å²) in [5.74, 6) is -5.24. The van der Waals surface area contributed by atoms with Gasteiger partial charge in [0.25, 0.3) is 0 Å². The van der Waals surface area contributed by atoms with Crippen molar-refractivity contribution in [2.24, 2.45) is 5.16 Å². The van der Waals surface area contributed by atoms with Gasteiger partial charge < -0.3 is 35.5 Å². The van der Waals surface area contributed by atoms with Crippen LogP contribution in [0.3, 0.4) is 0 Å². The molecule has 6 N–H and O–H groups in total. The Morgan fingerprint density at radius 3 is 2.52 bits per heavy atom. The summed E-state index contributed by atoms with van der Waals surface area (Å²) in [5, 5.41) is 55.5. The van der Waals surface area contributed by atoms with Gasteiger partial charge >= 0.3 is 19.1 Å². The highest BCUT2D eigenvalue weighted by molar-refractivity contribution is 7.07. The normalized spacial score (nSPS) is 12.7. The molecule has 0 aliphatic heterocycles. The first-order valence-corrected chi connectivity index (χ1v) is 10.4. The number of carbonyl (C=O) groups excluding carboxylic acids is 1. The van der Waals surface area contributed by atoms with Crippen molar-refractivity contribution in [1.82, 2.24) is 10.3 Å². The van der Waals surface area contributed by atoms with E-state index < -0.39 is 48.7 Å². The highest BCUT2D eigenvalue weighted by Gasteiger charge is 2.31. The number of amides is 1. The van der Waals surface area contributed by atoms with Crippen molar-refractivity contribution in [2.75, 3.05) is 0 Å². The lowest BCUT2D eigenvalue weighted by Crippen LogP contribution is -2.48. The minimum Gasteiger partial charge on any atom is -0.507 e. The van der Waals surface area contributed by atoms with Crippen LogP contribution in [0.1, 0.15) is 41.9 Å². The van der Waals surface area contributed by atoms with Gasteiger partial charge in [-0.1, -0.05) is 17.3 Å². The van der Waals surface area contributed by atoms with Crippen LogP contribution in [0.2, 0.25) is 0 Å². The Kier molecular flexibility index (Phi) is 8.51. The lowest BCUT2D eigenvalue weighted by Gasteiger charge is -2.20. The van der Waals surface area contributed by atoms with Gasteiger partial charge in [0.2, 0.25) is 11.5 Å². The van der Waals surface area contributed by atoms with Crippen LogP contribution in [0.15, 0.2) is 34.2 Å². The SMILES string of the molecule is CC(C)(O/N=C(/CC(=O)N[C@@H](Cc1cccc(C(=O)O)c1O)B(O)O)c1cscn1)C(=O)O. The molecule has 14 heteroatoms. The Morgan fingerprint density at radius 1 is 1.27 bits per heavy atom. The summed E-state index contributed by atoms with van der Waals surface area (Å²) in [4.78, 5) is 44.1. The van der Waals surface area contributed by atoms with Crippen molar-refractivity contribution in [3.8, 4) is 5.75 Å². The smallest absolute Gasteiger partial charge is 0.475 e. The molecule has 0 saturated heterocycles. The van der Waals surface area contributed by atoms with Gasteiger partial charge in [0, 0.05) is 5.38 Å². The zero-order valence-corrected chi connectivity index (χ0v) is 18.4. The van der Waals surface area contributed by atoms with E-state index in [1.165, 1.54) is 48.9 Å². The molecular formula is C19H22BN3O9S. The average Bonchev–Trinajstić information content (AvgIpc) is 3.26. The van der Waals surface area contributed by atoms with Gasteiger partial charge in [-0.3, -0.25) is 4.79 Å². The Bertz CT molecular complexity index is 1040. The van der Waals surface area contributed by atoms with E-state index in [-0.39, 0.29) is 29.0 Å². The lowest BCUT2D eigenvalue weighted by atomic mass is 9.75. The number of aromatic nitrogens is 1. The van der Waals surface area contributed by atoms with Crippen LogP contribution in [0.5, 0.6) is 5.75 Å². The monoisotopic (exact) mass is 479 g/mol. The van der Waals surface area contributed by atoms with E-state index in [9.17, 15) is 29.5 Å². The number of nitrogens with zero attached hydrogens (tertiary/aromatic N) is 2. The maximum Gasteiger partial charge on any atom is 0.475 e. The highest BCUT2D eigenvalue weighted by Crippen LogP contribution is 2.24. The molecule has 2 rings (SSSR count). The summed E-state index contributed by atoms with van der Waals surface area (Å²) in [6, 6.07) is 3.93. The maximum atomic E-state index is 12.6. The Labute approximate surface area is 192 Å². The molecule has 0 bridgehead atoms. The molecule has 2 aromatic rings. The number of aliphatic carboxylic acids is 1. The number of thiazole rings is 1. The number of carboxylic acids is 2. The fourth-order valence-electron chi connectivity index (χ4n) is 2.54. The number of aromatic carboxylic acids is 1. The fraction of sp³-hybridized carbons (Fsp3) is 0.316. The van der Waals surface area contributed by atoms with E-state index in [2.05, 4.69) is 15.5 Å². The predicted molar refractivity (Wildman–Crippen MR) is 117 cm³/mol. The van der Waals surface area contributed by atoms with Crippen LogP contribution >= 0.6 is 11.3 Å². The summed E-state index contributed by atoms with van der Waals surface area (Å²) in [5.41, 5.74) is -0.221. The molecular weight excluding hydrogens is 457 g/mol. The van der Waals surface area contributed by atoms with Crippen molar-refractivity contribution >= 4 is 42.0 Å². The quantitative estimate of drug-likeness (QED) is 0.148. The maximum absolute atomic E-state index is 12.6. The second kappa shape index (κ2) is 10.9. The number of rotatable bonds is 11. The molecule has 0 unspecified atom stereocenters. The number of oxime groups is 1. The Balaban J connectivity index is 2.19. The van der Waals surface area contributed by atoms with Gasteiger partial charge in [-0.25, -0.2) is 14.6 Å². The van der Waals surface area contributed by atoms with E-state index in [1.54, 1.807) is 5.38 Å². The number of benzene rings is 1. The zero-order valence-electron chi connectivity index (χ0n) is 17.6. The minimum absolute atomic E-state index is 0.00461. The first-order chi connectivity index (χ1) is 15.4. The van der Waals surface area contributed by atoms with Gasteiger partial charge in [-0.15, -0.1) is 11.3 Å². The molecule has 12 nitrogen and oxygen atoms in total. The van der Waals surface area contributed by atoms with E-state index in [1.807, 2.05) is 0 Å². The standard InChI is InChI=1S/C19H22BN3O9S/c1-19(2,18(28)29)32-23-12(13-8-33-9-21-13)7-15(24)22-14(20(30)31)6-10-4-3-5-11(16(10)25)17(26)27/h3-5,8-9,14,25,30-31H,6-7H2,1-2H3,(H,22,24)(H,26,27)(H,28,29)/b23-12-/t14-/m0/s1. The molecule has 0 aliphatic rings. The van der Waals surface area contributed by atoms with E-state index in [4.69, 9.17) is 15.1 Å². The molecule has 0 fully saturated rings. The number of para-hydroxylation sites is 1. The fourth-order valence-corrected chi connectivity index (χ4v) is 3.10. The van der Waals surface area contributed by atoms with Crippen molar-refractivity contribution in [1.29, 1.82) is 0 Å². The highest BCUT2D eigenvalue weighted by atomic mass is 32.1. The van der Waals surface area contributed by atoms with Crippen molar-refractivity contribution in [3.05, 3.63) is 45.9 Å². The molecule has 1 aromatic carbocycles. The largest absolute Gasteiger partial charge is 0.507 e. The molecule has 1 amide bonds.